The van der Waals surface area contributed by atoms with Gasteiger partial charge in [0.25, 0.3) is 0 Å². The van der Waals surface area contributed by atoms with Crippen LogP contribution in [0.2, 0.25) is 5.02 Å². The summed E-state index contributed by atoms with van der Waals surface area (Å²) in [6.07, 6.45) is 0. The average molecular weight is 391 g/mol. The van der Waals surface area contributed by atoms with Gasteiger partial charge in [0.2, 0.25) is 0 Å². The number of carbonyl (C=O) groups is 1. The predicted octanol–water partition coefficient (Wildman–Crippen LogP) is 4.56. The molecule has 0 unspecified atom stereocenters. The monoisotopic (exact) mass is 390 g/mol. The van der Waals surface area contributed by atoms with Gasteiger partial charge in [0.1, 0.15) is 17.1 Å². The molecular weight excluding hydrogens is 375 g/mol. The van der Waals surface area contributed by atoms with Crippen molar-refractivity contribution in [3.63, 3.8) is 0 Å². The van der Waals surface area contributed by atoms with Gasteiger partial charge in [-0.05, 0) is 42.3 Å². The molecule has 6 nitrogen and oxygen atoms in total. The summed E-state index contributed by atoms with van der Waals surface area (Å²) < 4.78 is 14.9. The Morgan fingerprint density at radius 1 is 1.15 bits per heavy atom. The van der Waals surface area contributed by atoms with Crippen molar-refractivity contribution in [3.8, 4) is 28.4 Å². The fourth-order valence-corrected chi connectivity index (χ4v) is 3.04. The van der Waals surface area contributed by atoms with E-state index in [1.54, 1.807) is 0 Å². The van der Waals surface area contributed by atoms with Crippen LogP contribution in [0.1, 0.15) is 35.8 Å². The summed E-state index contributed by atoms with van der Waals surface area (Å²) in [5, 5.41) is 33.4. The van der Waals surface area contributed by atoms with Crippen molar-refractivity contribution in [3.05, 3.63) is 58.5 Å². The minimum absolute atomic E-state index is 0.0458. The van der Waals surface area contributed by atoms with Crippen molar-refractivity contribution in [2.75, 3.05) is 0 Å². The first kappa shape index (κ1) is 18.7. The van der Waals surface area contributed by atoms with Crippen molar-refractivity contribution < 1.29 is 24.5 Å². The van der Waals surface area contributed by atoms with E-state index >= 15 is 0 Å². The maximum Gasteiger partial charge on any atom is 0.339 e. The van der Waals surface area contributed by atoms with Crippen LogP contribution in [-0.2, 0) is 0 Å². The van der Waals surface area contributed by atoms with Gasteiger partial charge in [-0.25, -0.2) is 13.9 Å². The molecular formula is C19H16ClFN2O4. The summed E-state index contributed by atoms with van der Waals surface area (Å²) in [6.45, 7) is 3.62. The van der Waals surface area contributed by atoms with Crippen LogP contribution in [0.15, 0.2) is 36.4 Å². The van der Waals surface area contributed by atoms with Gasteiger partial charge in [-0.15, -0.1) is 0 Å². The molecule has 0 fully saturated rings. The van der Waals surface area contributed by atoms with E-state index in [4.69, 9.17) is 11.6 Å². The summed E-state index contributed by atoms with van der Waals surface area (Å²) in [6, 6.07) is 7.92. The van der Waals surface area contributed by atoms with Crippen LogP contribution in [0, 0.1) is 5.82 Å². The maximum atomic E-state index is 13.5. The van der Waals surface area contributed by atoms with Gasteiger partial charge >= 0.3 is 5.97 Å². The summed E-state index contributed by atoms with van der Waals surface area (Å²) in [4.78, 5) is 12.0. The molecule has 2 aromatic carbocycles. The molecule has 0 aliphatic carbocycles. The standard InChI is InChI=1S/C19H16ClFN2O4/c1-9(2)18-16(19(26)27)17(10-3-6-14(24)15(25)7-10)22-23(18)11-4-5-13(21)12(20)8-11/h3-9,24-25H,1-2H3,(H,26,27). The van der Waals surface area contributed by atoms with E-state index in [1.165, 1.54) is 41.1 Å². The summed E-state index contributed by atoms with van der Waals surface area (Å²) >= 11 is 5.87. The van der Waals surface area contributed by atoms with Crippen molar-refractivity contribution in [1.29, 1.82) is 0 Å². The number of aromatic nitrogens is 2. The first-order valence-corrected chi connectivity index (χ1v) is 8.42. The van der Waals surface area contributed by atoms with Crippen LogP contribution >= 0.6 is 11.6 Å². The fraction of sp³-hybridized carbons (Fsp3) is 0.158. The van der Waals surface area contributed by atoms with Crippen LogP contribution < -0.4 is 0 Å². The minimum atomic E-state index is -1.19. The first-order valence-electron chi connectivity index (χ1n) is 8.04. The van der Waals surface area contributed by atoms with Gasteiger partial charge in [0, 0.05) is 5.56 Å². The third-order valence-electron chi connectivity index (χ3n) is 4.08. The highest BCUT2D eigenvalue weighted by Crippen LogP contribution is 2.36. The molecule has 0 aliphatic heterocycles. The number of phenols is 2. The van der Waals surface area contributed by atoms with E-state index in [0.29, 0.717) is 16.9 Å². The lowest BCUT2D eigenvalue weighted by atomic mass is 10.00. The lowest BCUT2D eigenvalue weighted by molar-refractivity contribution is 0.0696. The molecule has 1 aromatic heterocycles. The third-order valence-corrected chi connectivity index (χ3v) is 4.37. The van der Waals surface area contributed by atoms with E-state index in [0.717, 1.165) is 0 Å². The maximum absolute atomic E-state index is 13.5. The first-order chi connectivity index (χ1) is 12.7. The number of rotatable bonds is 4. The van der Waals surface area contributed by atoms with Crippen LogP contribution in [-0.4, -0.2) is 31.1 Å². The van der Waals surface area contributed by atoms with Gasteiger partial charge in [0.15, 0.2) is 11.5 Å². The summed E-state index contributed by atoms with van der Waals surface area (Å²) in [5.41, 5.74) is 1.18. The molecule has 0 spiro atoms. The van der Waals surface area contributed by atoms with Gasteiger partial charge in [-0.2, -0.15) is 5.10 Å². The number of aromatic hydroxyl groups is 2. The molecule has 0 aliphatic rings. The number of hydrogen-bond acceptors (Lipinski definition) is 4. The molecule has 27 heavy (non-hydrogen) atoms. The molecule has 3 aromatic rings. The Bertz CT molecular complexity index is 1050. The topological polar surface area (TPSA) is 95.6 Å². The number of hydrogen-bond donors (Lipinski definition) is 3. The number of halogens is 2. The normalized spacial score (nSPS) is 11.1. The Kier molecular flexibility index (Phi) is 4.80. The molecule has 8 heteroatoms. The quantitative estimate of drug-likeness (QED) is 0.567. The highest BCUT2D eigenvalue weighted by molar-refractivity contribution is 6.30. The Morgan fingerprint density at radius 2 is 1.85 bits per heavy atom. The Hall–Kier alpha value is -3.06. The van der Waals surface area contributed by atoms with Crippen LogP contribution in [0.5, 0.6) is 11.5 Å². The lowest BCUT2D eigenvalue weighted by Gasteiger charge is -2.11. The van der Waals surface area contributed by atoms with Crippen LogP contribution in [0.25, 0.3) is 16.9 Å². The van der Waals surface area contributed by atoms with Gasteiger partial charge in [-0.3, -0.25) is 0 Å². The van der Waals surface area contributed by atoms with Crippen molar-refractivity contribution in [2.45, 2.75) is 19.8 Å². The average Bonchev–Trinajstić information content (AvgIpc) is 3.01. The van der Waals surface area contributed by atoms with Gasteiger partial charge < -0.3 is 15.3 Å². The SMILES string of the molecule is CC(C)c1c(C(=O)O)c(-c2ccc(O)c(O)c2)nn1-c1ccc(F)c(Cl)c1. The molecule has 0 amide bonds. The van der Waals surface area contributed by atoms with E-state index in [9.17, 15) is 24.5 Å². The predicted molar refractivity (Wildman–Crippen MR) is 98.3 cm³/mol. The van der Waals surface area contributed by atoms with E-state index in [1.807, 2.05) is 13.8 Å². The van der Waals surface area contributed by atoms with E-state index in [-0.39, 0.29) is 27.9 Å². The zero-order chi connectivity index (χ0) is 19.9. The highest BCUT2D eigenvalue weighted by atomic mass is 35.5. The second kappa shape index (κ2) is 6.92. The molecule has 3 rings (SSSR count). The summed E-state index contributed by atoms with van der Waals surface area (Å²) in [5.74, 6) is -2.74. The van der Waals surface area contributed by atoms with E-state index in [2.05, 4.69) is 5.10 Å². The largest absolute Gasteiger partial charge is 0.504 e. The number of nitrogens with zero attached hydrogens (tertiary/aromatic N) is 2. The number of phenolic OH excluding ortho intramolecular Hbond substituents is 2. The zero-order valence-corrected chi connectivity index (χ0v) is 15.2. The Balaban J connectivity index is 2.33. The summed E-state index contributed by atoms with van der Waals surface area (Å²) in [7, 11) is 0. The van der Waals surface area contributed by atoms with E-state index < -0.39 is 17.5 Å². The molecule has 0 saturated carbocycles. The fourth-order valence-electron chi connectivity index (χ4n) is 2.86. The lowest BCUT2D eigenvalue weighted by Crippen LogP contribution is -2.08. The van der Waals surface area contributed by atoms with Crippen LogP contribution in [0.3, 0.4) is 0 Å². The van der Waals surface area contributed by atoms with Crippen molar-refractivity contribution in [1.82, 2.24) is 9.78 Å². The smallest absolute Gasteiger partial charge is 0.339 e. The minimum Gasteiger partial charge on any atom is -0.504 e. The van der Waals surface area contributed by atoms with Gasteiger partial charge in [-0.1, -0.05) is 25.4 Å². The van der Waals surface area contributed by atoms with Gasteiger partial charge in [0.05, 0.1) is 16.4 Å². The molecule has 3 N–H and O–H groups in total. The Labute approximate surface area is 159 Å². The van der Waals surface area contributed by atoms with Crippen LogP contribution in [0.4, 0.5) is 4.39 Å². The third kappa shape index (κ3) is 3.33. The Morgan fingerprint density at radius 3 is 2.41 bits per heavy atom. The molecule has 1 heterocycles. The number of carboxylic acid groups (broad SMARTS) is 1. The number of aromatic carboxylic acids is 1. The molecule has 0 saturated heterocycles. The number of carboxylic acids is 1. The van der Waals surface area contributed by atoms with Crippen molar-refractivity contribution in [2.24, 2.45) is 0 Å². The number of benzene rings is 2. The molecule has 140 valence electrons. The zero-order valence-electron chi connectivity index (χ0n) is 14.4. The highest BCUT2D eigenvalue weighted by Gasteiger charge is 2.27. The molecule has 0 bridgehead atoms. The second-order valence-electron chi connectivity index (χ2n) is 6.28. The van der Waals surface area contributed by atoms with Crippen molar-refractivity contribution >= 4 is 17.6 Å². The molecule has 0 atom stereocenters. The second-order valence-corrected chi connectivity index (χ2v) is 6.69. The molecule has 0 radical (unpaired) electrons.